The van der Waals surface area contributed by atoms with Crippen LogP contribution >= 0.6 is 0 Å². The second-order valence-corrected chi connectivity index (χ2v) is 4.67. The molecule has 0 aliphatic heterocycles. The van der Waals surface area contributed by atoms with E-state index in [2.05, 4.69) is 18.4 Å². The van der Waals surface area contributed by atoms with Crippen molar-refractivity contribution < 1.29 is 4.79 Å². The molecule has 0 radical (unpaired) electrons. The van der Waals surface area contributed by atoms with Gasteiger partial charge in [0.2, 0.25) is 5.78 Å². The summed E-state index contributed by atoms with van der Waals surface area (Å²) in [5.41, 5.74) is 8.97. The Morgan fingerprint density at radius 2 is 2.00 bits per heavy atom. The van der Waals surface area contributed by atoms with E-state index in [1.165, 1.54) is 5.69 Å². The minimum absolute atomic E-state index is 0.0421. The molecule has 19 heavy (non-hydrogen) atoms. The third kappa shape index (κ3) is 2.70. The molecule has 0 unspecified atom stereocenters. The number of nitrogens with zero attached hydrogens (tertiary/aromatic N) is 1. The maximum absolute atomic E-state index is 12.5. The van der Waals surface area contributed by atoms with Gasteiger partial charge in [-0.25, -0.2) is 0 Å². The number of carbonyl (C=O) groups is 1. The van der Waals surface area contributed by atoms with E-state index in [1.807, 2.05) is 24.3 Å². The lowest BCUT2D eigenvalue weighted by Gasteiger charge is -2.11. The van der Waals surface area contributed by atoms with E-state index in [0.29, 0.717) is 11.3 Å². The van der Waals surface area contributed by atoms with Gasteiger partial charge >= 0.3 is 0 Å². The van der Waals surface area contributed by atoms with E-state index in [0.717, 1.165) is 25.1 Å². The lowest BCUT2D eigenvalue weighted by atomic mass is 10.1. The number of nitrogens with two attached hydrogens (primary N) is 1. The van der Waals surface area contributed by atoms with E-state index < -0.39 is 0 Å². The highest BCUT2D eigenvalue weighted by molar-refractivity contribution is 6.08. The zero-order valence-corrected chi connectivity index (χ0v) is 11.5. The highest BCUT2D eigenvalue weighted by atomic mass is 16.1. The number of aromatic nitrogens is 1. The van der Waals surface area contributed by atoms with Gasteiger partial charge in [-0.1, -0.05) is 26.0 Å². The van der Waals surface area contributed by atoms with Gasteiger partial charge in [0.15, 0.2) is 0 Å². The Balaban J connectivity index is 2.41. The summed E-state index contributed by atoms with van der Waals surface area (Å²) in [6.45, 7) is 5.10. The van der Waals surface area contributed by atoms with Crippen molar-refractivity contribution in [1.29, 1.82) is 0 Å². The molecular weight excluding hydrogens is 236 g/mol. The number of nitrogen functional groups attached to an aromatic ring is 1. The average molecular weight is 256 g/mol. The Labute approximate surface area is 114 Å². The van der Waals surface area contributed by atoms with Gasteiger partial charge < -0.3 is 10.3 Å². The van der Waals surface area contributed by atoms with Crippen molar-refractivity contribution >= 4 is 11.5 Å². The van der Waals surface area contributed by atoms with Gasteiger partial charge in [0.25, 0.3) is 0 Å². The summed E-state index contributed by atoms with van der Waals surface area (Å²) in [5, 5.41) is 0. The Morgan fingerprint density at radius 3 is 2.63 bits per heavy atom. The zero-order valence-electron chi connectivity index (χ0n) is 11.5. The van der Waals surface area contributed by atoms with Crippen LogP contribution in [0.4, 0.5) is 5.69 Å². The fourth-order valence-corrected chi connectivity index (χ4v) is 2.33. The van der Waals surface area contributed by atoms with Gasteiger partial charge in [0.1, 0.15) is 0 Å². The molecule has 0 spiro atoms. The standard InChI is InChI=1S/C16H20N2O/c1-3-10-18-14(4-2)8-9-15(18)16(19)12-6-5-7-13(17)11-12/h5-9,11H,3-4,10,17H2,1-2H3. The summed E-state index contributed by atoms with van der Waals surface area (Å²) in [6.07, 6.45) is 1.95. The second kappa shape index (κ2) is 5.74. The number of aryl methyl sites for hydroxylation is 1. The maximum atomic E-state index is 12.5. The van der Waals surface area contributed by atoms with Crippen molar-refractivity contribution in [3.8, 4) is 0 Å². The van der Waals surface area contributed by atoms with Crippen molar-refractivity contribution in [2.45, 2.75) is 33.2 Å². The number of hydrogen-bond donors (Lipinski definition) is 1. The lowest BCUT2D eigenvalue weighted by Crippen LogP contribution is -2.12. The zero-order chi connectivity index (χ0) is 13.8. The number of hydrogen-bond acceptors (Lipinski definition) is 2. The van der Waals surface area contributed by atoms with Gasteiger partial charge in [-0.15, -0.1) is 0 Å². The average Bonchev–Trinajstić information content (AvgIpc) is 2.81. The van der Waals surface area contributed by atoms with Crippen LogP contribution in [0.1, 0.15) is 42.0 Å². The molecular formula is C16H20N2O. The summed E-state index contributed by atoms with van der Waals surface area (Å²) in [5.74, 6) is 0.0421. The minimum atomic E-state index is 0.0421. The molecule has 2 aromatic rings. The van der Waals surface area contributed by atoms with Crippen molar-refractivity contribution in [2.75, 3.05) is 5.73 Å². The molecule has 0 saturated carbocycles. The third-order valence-electron chi connectivity index (χ3n) is 3.26. The van der Waals surface area contributed by atoms with Crippen LogP contribution in [-0.2, 0) is 13.0 Å². The summed E-state index contributed by atoms with van der Waals surface area (Å²) in [4.78, 5) is 12.5. The number of ketones is 1. The van der Waals surface area contributed by atoms with Gasteiger partial charge in [-0.3, -0.25) is 4.79 Å². The fourth-order valence-electron chi connectivity index (χ4n) is 2.33. The predicted octanol–water partition coefficient (Wildman–Crippen LogP) is 3.27. The SMILES string of the molecule is CCCn1c(CC)ccc1C(=O)c1cccc(N)c1. The van der Waals surface area contributed by atoms with Crippen LogP contribution in [0.15, 0.2) is 36.4 Å². The van der Waals surface area contributed by atoms with Gasteiger partial charge in [-0.05, 0) is 37.1 Å². The van der Waals surface area contributed by atoms with Crippen LogP contribution in [0.2, 0.25) is 0 Å². The largest absolute Gasteiger partial charge is 0.399 e. The normalized spacial score (nSPS) is 10.6. The molecule has 0 fully saturated rings. The molecule has 0 aliphatic carbocycles. The van der Waals surface area contributed by atoms with Crippen LogP contribution in [0, 0.1) is 0 Å². The minimum Gasteiger partial charge on any atom is -0.399 e. The first-order valence-electron chi connectivity index (χ1n) is 6.76. The quantitative estimate of drug-likeness (QED) is 0.659. The Hall–Kier alpha value is -2.03. The first-order chi connectivity index (χ1) is 9.17. The summed E-state index contributed by atoms with van der Waals surface area (Å²) < 4.78 is 2.12. The van der Waals surface area contributed by atoms with Crippen LogP contribution in [-0.4, -0.2) is 10.4 Å². The van der Waals surface area contributed by atoms with E-state index in [9.17, 15) is 4.79 Å². The Bertz CT molecular complexity index is 584. The molecule has 0 amide bonds. The van der Waals surface area contributed by atoms with Gasteiger partial charge in [-0.2, -0.15) is 0 Å². The monoisotopic (exact) mass is 256 g/mol. The Kier molecular flexibility index (Phi) is 4.05. The maximum Gasteiger partial charge on any atom is 0.209 e. The van der Waals surface area contributed by atoms with Crippen LogP contribution < -0.4 is 5.73 Å². The third-order valence-corrected chi connectivity index (χ3v) is 3.26. The van der Waals surface area contributed by atoms with Crippen molar-refractivity contribution in [1.82, 2.24) is 4.57 Å². The van der Waals surface area contributed by atoms with Crippen molar-refractivity contribution in [3.05, 3.63) is 53.3 Å². The van der Waals surface area contributed by atoms with Crippen LogP contribution in [0.5, 0.6) is 0 Å². The molecule has 1 aromatic heterocycles. The molecule has 1 heterocycles. The number of anilines is 1. The van der Waals surface area contributed by atoms with Crippen LogP contribution in [0.3, 0.4) is 0 Å². The molecule has 0 atom stereocenters. The van der Waals surface area contributed by atoms with Crippen molar-refractivity contribution in [2.24, 2.45) is 0 Å². The van der Waals surface area contributed by atoms with E-state index >= 15 is 0 Å². The smallest absolute Gasteiger partial charge is 0.209 e. The number of rotatable bonds is 5. The highest BCUT2D eigenvalue weighted by Gasteiger charge is 2.15. The molecule has 1 aromatic carbocycles. The molecule has 3 nitrogen and oxygen atoms in total. The van der Waals surface area contributed by atoms with E-state index in [-0.39, 0.29) is 5.78 Å². The first-order valence-corrected chi connectivity index (χ1v) is 6.76. The molecule has 100 valence electrons. The Morgan fingerprint density at radius 1 is 1.21 bits per heavy atom. The first kappa shape index (κ1) is 13.4. The fraction of sp³-hybridized carbons (Fsp3) is 0.312. The number of benzene rings is 1. The summed E-state index contributed by atoms with van der Waals surface area (Å²) in [6, 6.07) is 11.1. The molecule has 3 heteroatoms. The molecule has 2 rings (SSSR count). The molecule has 0 aliphatic rings. The molecule has 2 N–H and O–H groups in total. The topological polar surface area (TPSA) is 48.0 Å². The van der Waals surface area contributed by atoms with Gasteiger partial charge in [0.05, 0.1) is 5.69 Å². The summed E-state index contributed by atoms with van der Waals surface area (Å²) >= 11 is 0. The molecule has 0 bridgehead atoms. The van der Waals surface area contributed by atoms with E-state index in [4.69, 9.17) is 5.73 Å². The second-order valence-electron chi connectivity index (χ2n) is 4.67. The predicted molar refractivity (Wildman–Crippen MR) is 78.4 cm³/mol. The van der Waals surface area contributed by atoms with Gasteiger partial charge in [0, 0.05) is 23.5 Å². The van der Waals surface area contributed by atoms with E-state index in [1.54, 1.807) is 12.1 Å². The number of carbonyl (C=O) groups excluding carboxylic acids is 1. The molecule has 0 saturated heterocycles. The van der Waals surface area contributed by atoms with Crippen LogP contribution in [0.25, 0.3) is 0 Å². The highest BCUT2D eigenvalue weighted by Crippen LogP contribution is 2.17. The lowest BCUT2D eigenvalue weighted by molar-refractivity contribution is 0.103. The summed E-state index contributed by atoms with van der Waals surface area (Å²) in [7, 11) is 0. The van der Waals surface area contributed by atoms with Crippen molar-refractivity contribution in [3.63, 3.8) is 0 Å².